The van der Waals surface area contributed by atoms with E-state index in [-0.39, 0.29) is 154 Å². The molecule has 0 amide bonds. The minimum Gasteiger partial charge on any atom is -0.857 e. The number of hydrogen-bond acceptors (Lipinski definition) is 18. The fourth-order valence-electron chi connectivity index (χ4n) is 0. The predicted molar refractivity (Wildman–Crippen MR) is 41.2 cm³/mol. The minimum atomic E-state index is -5.86. The smallest absolute Gasteiger partial charge is 0.857 e. The molecule has 0 atom stereocenters. The van der Waals surface area contributed by atoms with E-state index in [1.54, 1.807) is 0 Å². The van der Waals surface area contributed by atoms with Crippen molar-refractivity contribution in [3.05, 3.63) is 0 Å². The van der Waals surface area contributed by atoms with Gasteiger partial charge in [0.05, 0.1) is 0 Å². The maximum atomic E-state index is 10.2. The molecule has 0 unspecified atom stereocenters. The summed E-state index contributed by atoms with van der Waals surface area (Å²) in [6.07, 6.45) is 0. The molecule has 39 heavy (non-hydrogen) atoms. The largest absolute Gasteiger partial charge is 2.00 e. The second kappa shape index (κ2) is 45.0. The fraction of sp³-hybridized carbons (Fsp3) is 0. The zero-order chi connectivity index (χ0) is 27.0. The molecule has 0 aromatic heterocycles. The molecule has 0 bridgehead atoms. The second-order valence-electron chi connectivity index (χ2n) is 2.89. The van der Waals surface area contributed by atoms with Gasteiger partial charge in [0, 0.05) is 0 Å². The minimum absolute atomic E-state index is 0. The summed E-state index contributed by atoms with van der Waals surface area (Å²) in [4.78, 5) is 152. The first-order valence-corrected chi connectivity index (χ1v) is 14.4. The molecular weight excluding hydrogens is 1070 g/mol. The van der Waals surface area contributed by atoms with E-state index in [2.05, 4.69) is 0 Å². The van der Waals surface area contributed by atoms with Gasteiger partial charge in [-0.3, -0.25) is 0 Å². The monoisotopic (exact) mass is 1070 g/mol. The third-order valence-corrected chi connectivity index (χ3v) is 0. The van der Waals surface area contributed by atoms with Gasteiger partial charge in [-0.2, -0.15) is 0 Å². The third kappa shape index (κ3) is 3050. The van der Waals surface area contributed by atoms with Gasteiger partial charge in [0.15, 0.2) is 0 Å². The van der Waals surface area contributed by atoms with Crippen LogP contribution in [0.4, 0.5) is 24.6 Å². The molecule has 0 rings (SSSR count). The normalized spacial score (nSPS) is 9.23. The van der Waals surface area contributed by atoms with E-state index in [1.165, 1.54) is 0 Å². The quantitative estimate of drug-likeness (QED) is 0.123. The van der Waals surface area contributed by atoms with E-state index in [9.17, 15) is 24.6 Å². The van der Waals surface area contributed by atoms with Gasteiger partial charge in [-0.25, -0.2) is 0 Å². The molecule has 0 aliphatic carbocycles. The Morgan fingerprint density at radius 1 is 0.179 bits per heavy atom. The van der Waals surface area contributed by atoms with Crippen molar-refractivity contribution in [2.75, 3.05) is 0 Å². The summed E-state index contributed by atoms with van der Waals surface area (Å²) >= 11 is 0. The van der Waals surface area contributed by atoms with Crippen LogP contribution >= 0.6 is 0 Å². The first-order valence-electron chi connectivity index (χ1n) is 4.81. The van der Waals surface area contributed by atoms with Gasteiger partial charge in [0.1, 0.15) is 0 Å². The summed E-state index contributed by atoms with van der Waals surface area (Å²) in [6.45, 7) is 0. The summed E-state index contributed by atoms with van der Waals surface area (Å²) in [5, 5.41) is 0. The summed E-state index contributed by atoms with van der Waals surface area (Å²) in [6, 6.07) is 0. The Morgan fingerprint density at radius 2 is 0.179 bits per heavy atom. The first kappa shape index (κ1) is 96.7. The zero-order valence-electron chi connectivity index (χ0n) is 15.8. The van der Waals surface area contributed by atoms with Crippen LogP contribution in [0.1, 0.15) is 0 Å². The zero-order valence-corrected chi connectivity index (χ0v) is 31.7. The van der Waals surface area contributed by atoms with Crippen LogP contribution in [0.3, 0.4) is 0 Å². The Balaban J connectivity index is -0.0000000130. The van der Waals surface area contributed by atoms with Crippen molar-refractivity contribution in [3.63, 3.8) is 0 Å². The summed E-state index contributed by atoms with van der Waals surface area (Å²) in [5.41, 5.74) is 0. The second-order valence-corrected chi connectivity index (χ2v) is 8.67. The van der Waals surface area contributed by atoms with Crippen LogP contribution in [0.25, 0.3) is 0 Å². The Bertz CT molecular complexity index is 258. The van der Waals surface area contributed by atoms with Crippen molar-refractivity contribution >= 4 is 54.8 Å². The molecule has 18 nitrogen and oxygen atoms in total. The van der Waals surface area contributed by atoms with Gasteiger partial charge < -0.3 is 111 Å². The Labute approximate surface area is 316 Å². The van der Waals surface area contributed by atoms with E-state index in [0.29, 0.717) is 0 Å². The van der Waals surface area contributed by atoms with Crippen molar-refractivity contribution in [1.82, 2.24) is 0 Å². The van der Waals surface area contributed by atoms with Gasteiger partial charge in [-0.05, 0) is 0 Å². The SMILES string of the molecule is [Fe+2].[Fe+2].[Fe+2].[Fe+2].[Fe+2].[Fe+2].[Fe+2].[Fe+2].[Fe+2].[O-][Si]([O-])([O-])F.[O-][Si]([O-])([O-])F.[O-][Si]([O-])([O-])F.[O-][Si]([O-])([O-])F.[O-][Si]([O-])([O-])F.[O-][Si]([O-])([O-])F. The van der Waals surface area contributed by atoms with E-state index in [4.69, 9.17) is 86.3 Å². The van der Waals surface area contributed by atoms with E-state index in [1.807, 2.05) is 0 Å². The molecule has 0 saturated carbocycles. The Kier molecular flexibility index (Phi) is 112. The molecule has 0 aliphatic heterocycles. The topological polar surface area (TPSA) is 415 Å². The standard InChI is InChI=1S/6FO3Si.9Fe/c6*1-5(2,3)4;;;;;;;;;/q6*-3;9*+2. The molecule has 0 saturated heterocycles. The predicted octanol–water partition coefficient (Wildman–Crippen LogP) is -21.2. The molecule has 39 heteroatoms. The van der Waals surface area contributed by atoms with Crippen molar-refractivity contribution in [1.29, 1.82) is 0 Å². The van der Waals surface area contributed by atoms with Crippen LogP contribution in [0.2, 0.25) is 0 Å². The summed E-state index contributed by atoms with van der Waals surface area (Å²) < 4.78 is 61.0. The molecule has 0 aliphatic rings. The van der Waals surface area contributed by atoms with Crippen LogP contribution in [0, 0.1) is 0 Å². The van der Waals surface area contributed by atoms with Crippen molar-refractivity contribution in [2.24, 2.45) is 0 Å². The number of halogens is 6. The van der Waals surface area contributed by atoms with Gasteiger partial charge in [-0.1, -0.05) is 54.8 Å². The average Bonchev–Trinajstić information content (AvgIpc) is 1.94. The van der Waals surface area contributed by atoms with Gasteiger partial charge in [0.25, 0.3) is 0 Å². The molecule has 0 aromatic rings. The molecule has 0 heterocycles. The van der Waals surface area contributed by atoms with Gasteiger partial charge in [-0.15, -0.1) is 0 Å². The van der Waals surface area contributed by atoms with Crippen LogP contribution in [-0.4, -0.2) is 54.8 Å². The Hall–Kier alpha value is 4.84. The number of hydrogen-bond donors (Lipinski definition) is 0. The summed E-state index contributed by atoms with van der Waals surface area (Å²) in [5.74, 6) is 0. The van der Waals surface area contributed by atoms with Gasteiger partial charge in [0.2, 0.25) is 0 Å². The molecule has 0 radical (unpaired) electrons. The van der Waals surface area contributed by atoms with Crippen LogP contribution in [0.5, 0.6) is 0 Å². The molecule has 0 spiro atoms. The van der Waals surface area contributed by atoms with E-state index >= 15 is 0 Å². The van der Waals surface area contributed by atoms with Crippen molar-refractivity contribution in [3.8, 4) is 0 Å². The summed E-state index contributed by atoms with van der Waals surface area (Å²) in [7, 11) is -35.2. The molecule has 246 valence electrons. The van der Waals surface area contributed by atoms with E-state index in [0.717, 1.165) is 0 Å². The fourth-order valence-corrected chi connectivity index (χ4v) is 0. The first-order chi connectivity index (χ1) is 12.0. The van der Waals surface area contributed by atoms with Crippen LogP contribution in [0.15, 0.2) is 0 Å². The van der Waals surface area contributed by atoms with Crippen molar-refractivity contribution in [2.45, 2.75) is 0 Å². The van der Waals surface area contributed by atoms with Crippen molar-refractivity contribution < 1.29 is 265 Å². The van der Waals surface area contributed by atoms with Gasteiger partial charge >= 0.3 is 154 Å². The van der Waals surface area contributed by atoms with E-state index < -0.39 is 54.8 Å². The molecule has 0 N–H and O–H groups in total. The van der Waals surface area contributed by atoms with Crippen LogP contribution < -0.4 is 86.3 Å². The molecule has 0 aromatic carbocycles. The maximum absolute atomic E-state index is 10.2. The molecule has 0 fully saturated rings. The van der Waals surface area contributed by atoms with Crippen LogP contribution in [-0.2, 0) is 154 Å². The average molecular weight is 1070 g/mol. The third-order valence-electron chi connectivity index (χ3n) is 0. The molecular formula is F6Fe9O18Si6. The number of rotatable bonds is 0. The maximum Gasteiger partial charge on any atom is 2.00 e. The Morgan fingerprint density at radius 3 is 0.179 bits per heavy atom.